The van der Waals surface area contributed by atoms with Gasteiger partial charge in [-0.3, -0.25) is 0 Å². The van der Waals surface area contributed by atoms with Crippen molar-refractivity contribution >= 4 is 11.3 Å². The van der Waals surface area contributed by atoms with Crippen LogP contribution in [0.5, 0.6) is 0 Å². The third kappa shape index (κ3) is 2.21. The maximum absolute atomic E-state index is 5.58. The van der Waals surface area contributed by atoms with E-state index in [2.05, 4.69) is 40.1 Å². The third-order valence-corrected chi connectivity index (χ3v) is 4.99. The standard InChI is InChI=1S/C14H19N3OS/c1-3-14(5-4-6-15-9-14)13-16-12(17-18-13)11-8-19-7-10(11)2/h7-8,15H,3-6,9H2,1-2H3. The van der Waals surface area contributed by atoms with E-state index in [9.17, 15) is 0 Å². The minimum atomic E-state index is 0.0213. The lowest BCUT2D eigenvalue weighted by Crippen LogP contribution is -2.43. The van der Waals surface area contributed by atoms with E-state index in [0.717, 1.165) is 43.2 Å². The predicted octanol–water partition coefficient (Wildman–Crippen LogP) is 3.14. The van der Waals surface area contributed by atoms with Gasteiger partial charge in [-0.25, -0.2) is 0 Å². The molecule has 1 aliphatic heterocycles. The second kappa shape index (κ2) is 5.06. The van der Waals surface area contributed by atoms with Crippen LogP contribution in [0.4, 0.5) is 0 Å². The van der Waals surface area contributed by atoms with Crippen molar-refractivity contribution in [2.24, 2.45) is 0 Å². The van der Waals surface area contributed by atoms with Crippen LogP contribution in [0.3, 0.4) is 0 Å². The maximum Gasteiger partial charge on any atom is 0.234 e. The van der Waals surface area contributed by atoms with E-state index in [4.69, 9.17) is 4.52 Å². The Bertz CT molecular complexity index is 555. The van der Waals surface area contributed by atoms with E-state index in [1.807, 2.05) is 0 Å². The van der Waals surface area contributed by atoms with Crippen molar-refractivity contribution in [2.75, 3.05) is 13.1 Å². The molecule has 1 fully saturated rings. The Hall–Kier alpha value is -1.20. The molecular weight excluding hydrogens is 258 g/mol. The highest BCUT2D eigenvalue weighted by atomic mass is 32.1. The normalized spacial score (nSPS) is 23.7. The van der Waals surface area contributed by atoms with Crippen LogP contribution in [0, 0.1) is 6.92 Å². The van der Waals surface area contributed by atoms with Crippen LogP contribution in [-0.2, 0) is 5.41 Å². The van der Waals surface area contributed by atoms with Crippen LogP contribution in [0.2, 0.25) is 0 Å². The second-order valence-electron chi connectivity index (χ2n) is 5.31. The average Bonchev–Trinajstić information content (AvgIpc) is 3.08. The Morgan fingerprint density at radius 1 is 1.47 bits per heavy atom. The lowest BCUT2D eigenvalue weighted by atomic mass is 9.78. The number of hydrogen-bond donors (Lipinski definition) is 1. The number of piperidine rings is 1. The van der Waals surface area contributed by atoms with Crippen LogP contribution in [0.25, 0.3) is 11.4 Å². The molecule has 3 rings (SSSR count). The van der Waals surface area contributed by atoms with Gasteiger partial charge in [-0.05, 0) is 43.7 Å². The number of aryl methyl sites for hydroxylation is 1. The van der Waals surface area contributed by atoms with Gasteiger partial charge < -0.3 is 9.84 Å². The summed E-state index contributed by atoms with van der Waals surface area (Å²) in [5.41, 5.74) is 2.33. The smallest absolute Gasteiger partial charge is 0.234 e. The Labute approximate surface area is 117 Å². The van der Waals surface area contributed by atoms with Gasteiger partial charge in [0.25, 0.3) is 0 Å². The third-order valence-electron chi connectivity index (χ3n) is 4.13. The zero-order chi connectivity index (χ0) is 13.3. The number of nitrogens with one attached hydrogen (secondary N) is 1. The molecule has 2 aromatic rings. The zero-order valence-corrected chi connectivity index (χ0v) is 12.2. The summed E-state index contributed by atoms with van der Waals surface area (Å²) in [7, 11) is 0. The highest BCUT2D eigenvalue weighted by Gasteiger charge is 2.37. The summed E-state index contributed by atoms with van der Waals surface area (Å²) in [6.07, 6.45) is 3.33. The van der Waals surface area contributed by atoms with E-state index in [1.54, 1.807) is 11.3 Å². The minimum Gasteiger partial charge on any atom is -0.338 e. The fourth-order valence-corrected chi connectivity index (χ4v) is 3.57. The number of rotatable bonds is 3. The van der Waals surface area contributed by atoms with E-state index in [1.165, 1.54) is 12.0 Å². The molecule has 1 aliphatic rings. The highest BCUT2D eigenvalue weighted by molar-refractivity contribution is 7.08. The van der Waals surface area contributed by atoms with Gasteiger partial charge >= 0.3 is 0 Å². The first-order chi connectivity index (χ1) is 9.25. The van der Waals surface area contributed by atoms with Gasteiger partial charge in [0.15, 0.2) is 0 Å². The van der Waals surface area contributed by atoms with Crippen molar-refractivity contribution in [3.05, 3.63) is 22.2 Å². The van der Waals surface area contributed by atoms with Gasteiger partial charge in [-0.2, -0.15) is 16.3 Å². The summed E-state index contributed by atoms with van der Waals surface area (Å²) in [5.74, 6) is 1.52. The quantitative estimate of drug-likeness (QED) is 0.936. The van der Waals surface area contributed by atoms with E-state index < -0.39 is 0 Å². The van der Waals surface area contributed by atoms with Crippen LogP contribution in [0.1, 0.15) is 37.6 Å². The van der Waals surface area contributed by atoms with E-state index in [-0.39, 0.29) is 5.41 Å². The molecular formula is C14H19N3OS. The first kappa shape index (κ1) is 12.8. The molecule has 0 radical (unpaired) electrons. The largest absolute Gasteiger partial charge is 0.338 e. The molecule has 0 spiro atoms. The molecule has 0 amide bonds. The van der Waals surface area contributed by atoms with Crippen molar-refractivity contribution in [3.63, 3.8) is 0 Å². The molecule has 0 aromatic carbocycles. The van der Waals surface area contributed by atoms with Crippen molar-refractivity contribution < 1.29 is 4.52 Å². The predicted molar refractivity (Wildman–Crippen MR) is 76.4 cm³/mol. The Morgan fingerprint density at radius 3 is 3.00 bits per heavy atom. The van der Waals surface area contributed by atoms with Crippen LogP contribution >= 0.6 is 11.3 Å². The summed E-state index contributed by atoms with van der Waals surface area (Å²) in [6.45, 7) is 6.31. The molecule has 1 unspecified atom stereocenters. The molecule has 4 nitrogen and oxygen atoms in total. The van der Waals surface area contributed by atoms with Crippen LogP contribution in [0.15, 0.2) is 15.3 Å². The van der Waals surface area contributed by atoms with Crippen molar-refractivity contribution in [1.29, 1.82) is 0 Å². The number of hydrogen-bond acceptors (Lipinski definition) is 5. The lowest BCUT2D eigenvalue weighted by Gasteiger charge is -2.33. The van der Waals surface area contributed by atoms with Gasteiger partial charge in [-0.1, -0.05) is 12.1 Å². The fourth-order valence-electron chi connectivity index (χ4n) is 2.74. The fraction of sp³-hybridized carbons (Fsp3) is 0.571. The first-order valence-electron chi connectivity index (χ1n) is 6.83. The molecule has 0 saturated carbocycles. The molecule has 1 N–H and O–H groups in total. The molecule has 2 aromatic heterocycles. The number of thiophene rings is 1. The first-order valence-corrected chi connectivity index (χ1v) is 7.77. The van der Waals surface area contributed by atoms with Crippen molar-refractivity contribution in [1.82, 2.24) is 15.5 Å². The van der Waals surface area contributed by atoms with Crippen molar-refractivity contribution in [2.45, 2.75) is 38.5 Å². The summed E-state index contributed by atoms with van der Waals surface area (Å²) >= 11 is 1.68. The average molecular weight is 277 g/mol. The molecule has 19 heavy (non-hydrogen) atoms. The SMILES string of the molecule is CCC1(c2nc(-c3cscc3C)no2)CCCNC1. The molecule has 3 heterocycles. The minimum absolute atomic E-state index is 0.0213. The maximum atomic E-state index is 5.58. The zero-order valence-electron chi connectivity index (χ0n) is 11.4. The van der Waals surface area contributed by atoms with Gasteiger partial charge in [-0.15, -0.1) is 0 Å². The molecule has 1 saturated heterocycles. The molecule has 1 atom stereocenters. The van der Waals surface area contributed by atoms with Crippen LogP contribution in [-0.4, -0.2) is 23.2 Å². The molecule has 0 bridgehead atoms. The van der Waals surface area contributed by atoms with Gasteiger partial charge in [0, 0.05) is 17.5 Å². The number of nitrogens with zero attached hydrogens (tertiary/aromatic N) is 2. The summed E-state index contributed by atoms with van der Waals surface area (Å²) in [6, 6.07) is 0. The Balaban J connectivity index is 1.94. The topological polar surface area (TPSA) is 51.0 Å². The van der Waals surface area contributed by atoms with Gasteiger partial charge in [0.1, 0.15) is 0 Å². The van der Waals surface area contributed by atoms with Gasteiger partial charge in [0.05, 0.1) is 5.41 Å². The van der Waals surface area contributed by atoms with E-state index in [0.29, 0.717) is 0 Å². The van der Waals surface area contributed by atoms with Crippen LogP contribution < -0.4 is 5.32 Å². The number of aromatic nitrogens is 2. The molecule has 5 heteroatoms. The Kier molecular flexibility index (Phi) is 3.41. The van der Waals surface area contributed by atoms with E-state index >= 15 is 0 Å². The summed E-state index contributed by atoms with van der Waals surface area (Å²) in [4.78, 5) is 4.67. The second-order valence-corrected chi connectivity index (χ2v) is 6.05. The Morgan fingerprint density at radius 2 is 2.37 bits per heavy atom. The summed E-state index contributed by atoms with van der Waals surface area (Å²) < 4.78 is 5.58. The van der Waals surface area contributed by atoms with Crippen molar-refractivity contribution in [3.8, 4) is 11.4 Å². The summed E-state index contributed by atoms with van der Waals surface area (Å²) in [5, 5.41) is 11.8. The lowest BCUT2D eigenvalue weighted by molar-refractivity contribution is 0.221. The molecule has 0 aliphatic carbocycles. The molecule has 102 valence electrons. The monoisotopic (exact) mass is 277 g/mol. The highest BCUT2D eigenvalue weighted by Crippen LogP contribution is 2.35. The van der Waals surface area contributed by atoms with Gasteiger partial charge in [0.2, 0.25) is 11.7 Å².